The molecule has 0 saturated carbocycles. The first-order valence-corrected chi connectivity index (χ1v) is 12.7. The monoisotopic (exact) mass is 529 g/mol. The summed E-state index contributed by atoms with van der Waals surface area (Å²) in [5.41, 5.74) is 2.83. The second-order valence-electron chi connectivity index (χ2n) is 10.3. The van der Waals surface area contributed by atoms with Gasteiger partial charge in [-0.25, -0.2) is 4.79 Å². The van der Waals surface area contributed by atoms with E-state index < -0.39 is 5.54 Å². The molecule has 0 saturated heterocycles. The molecular weight excluding hydrogens is 494 g/mol. The summed E-state index contributed by atoms with van der Waals surface area (Å²) in [6.45, 7) is 8.32. The molecule has 39 heavy (non-hydrogen) atoms. The van der Waals surface area contributed by atoms with Gasteiger partial charge in [-0.15, -0.1) is 0 Å². The number of rotatable bonds is 8. The molecule has 1 atom stereocenters. The third kappa shape index (κ3) is 5.85. The number of hydrogen-bond acceptors (Lipinski definition) is 5. The zero-order valence-corrected chi connectivity index (χ0v) is 23.0. The molecule has 3 N–H and O–H groups in total. The minimum atomic E-state index is -0.668. The van der Waals surface area contributed by atoms with Gasteiger partial charge in [0.05, 0.1) is 23.8 Å². The first kappa shape index (κ1) is 27.6. The minimum absolute atomic E-state index is 0.195. The van der Waals surface area contributed by atoms with E-state index in [-0.39, 0.29) is 30.4 Å². The first-order valence-electron chi connectivity index (χ1n) is 12.7. The molecule has 1 aromatic heterocycles. The molecule has 0 spiro atoms. The lowest BCUT2D eigenvalue weighted by Gasteiger charge is -2.34. The van der Waals surface area contributed by atoms with Crippen molar-refractivity contribution in [2.45, 2.75) is 32.0 Å². The number of fused-ring (bicyclic) bond motifs is 1. The highest BCUT2D eigenvalue weighted by Crippen LogP contribution is 2.42. The van der Waals surface area contributed by atoms with Gasteiger partial charge in [-0.1, -0.05) is 43.0 Å². The molecule has 3 aromatic rings. The summed E-state index contributed by atoms with van der Waals surface area (Å²) >= 11 is 0. The van der Waals surface area contributed by atoms with Crippen molar-refractivity contribution in [3.05, 3.63) is 89.6 Å². The normalized spacial score (nSPS) is 14.5. The van der Waals surface area contributed by atoms with Gasteiger partial charge in [-0.2, -0.15) is 5.10 Å². The van der Waals surface area contributed by atoms with Crippen LogP contribution in [0, 0.1) is 0 Å². The Hall–Kier alpha value is -4.44. The number of benzene rings is 2. The number of amides is 4. The van der Waals surface area contributed by atoms with Gasteiger partial charge in [0.15, 0.2) is 5.82 Å². The fourth-order valence-electron chi connectivity index (χ4n) is 5.02. The standard InChI is InChI=1S/C29H35N7O3/c1-7-24(37)30-21-15-11-14-20(16-21)27(38)32-26-22-17-36(29(2,3)25(22)35(6)33-26)28(39)31-23(18-34(4)5)19-12-9-8-10-13-19/h7-16,23H,1,17-18H2,2-6H3,(H,30,37)(H,31,39)(H,32,33,38). The van der Waals surface area contributed by atoms with Gasteiger partial charge in [0.25, 0.3) is 5.91 Å². The van der Waals surface area contributed by atoms with E-state index in [4.69, 9.17) is 0 Å². The molecule has 10 nitrogen and oxygen atoms in total. The predicted molar refractivity (Wildman–Crippen MR) is 151 cm³/mol. The van der Waals surface area contributed by atoms with E-state index in [0.717, 1.165) is 22.9 Å². The summed E-state index contributed by atoms with van der Waals surface area (Å²) in [5, 5.41) is 13.3. The van der Waals surface area contributed by atoms with Crippen LogP contribution in [0.4, 0.5) is 16.3 Å². The summed E-state index contributed by atoms with van der Waals surface area (Å²) in [5.74, 6) is -0.341. The topological polar surface area (TPSA) is 112 Å². The molecule has 1 aliphatic heterocycles. The van der Waals surface area contributed by atoms with Crippen molar-refractivity contribution in [3.8, 4) is 0 Å². The summed E-state index contributed by atoms with van der Waals surface area (Å²) in [6.07, 6.45) is 1.16. The quantitative estimate of drug-likeness (QED) is 0.384. The van der Waals surface area contributed by atoms with Crippen molar-refractivity contribution in [2.24, 2.45) is 7.05 Å². The lowest BCUT2D eigenvalue weighted by Crippen LogP contribution is -2.49. The van der Waals surface area contributed by atoms with Crippen molar-refractivity contribution >= 4 is 29.4 Å². The number of hydrogen-bond donors (Lipinski definition) is 3. The molecule has 2 heterocycles. The lowest BCUT2D eigenvalue weighted by atomic mass is 10.0. The van der Waals surface area contributed by atoms with Crippen LogP contribution in [-0.4, -0.2) is 58.1 Å². The molecule has 10 heteroatoms. The van der Waals surface area contributed by atoms with E-state index in [1.807, 2.05) is 70.2 Å². The predicted octanol–water partition coefficient (Wildman–Crippen LogP) is 3.86. The average Bonchev–Trinajstić information content (AvgIpc) is 3.37. The smallest absolute Gasteiger partial charge is 0.319 e. The van der Waals surface area contributed by atoms with Crippen LogP contribution < -0.4 is 16.0 Å². The Balaban J connectivity index is 1.55. The molecule has 4 amide bonds. The zero-order chi connectivity index (χ0) is 28.3. The molecule has 0 bridgehead atoms. The van der Waals surface area contributed by atoms with Gasteiger partial charge in [-0.3, -0.25) is 14.3 Å². The van der Waals surface area contributed by atoms with E-state index in [9.17, 15) is 14.4 Å². The van der Waals surface area contributed by atoms with Crippen molar-refractivity contribution < 1.29 is 14.4 Å². The number of likely N-dealkylation sites (N-methyl/N-ethyl adjacent to an activating group) is 1. The fraction of sp³-hybridized carbons (Fsp3) is 0.310. The van der Waals surface area contributed by atoms with E-state index in [2.05, 4.69) is 27.6 Å². The Morgan fingerprint density at radius 1 is 1.10 bits per heavy atom. The number of aryl methyl sites for hydroxylation is 1. The van der Waals surface area contributed by atoms with Gasteiger partial charge in [0.1, 0.15) is 0 Å². The number of nitrogens with one attached hydrogen (secondary N) is 3. The molecule has 1 unspecified atom stereocenters. The molecule has 2 aromatic carbocycles. The number of carbonyl (C=O) groups is 3. The summed E-state index contributed by atoms with van der Waals surface area (Å²) in [6, 6.07) is 16.1. The maximum absolute atomic E-state index is 13.6. The van der Waals surface area contributed by atoms with Crippen LogP contribution in [0.25, 0.3) is 0 Å². The lowest BCUT2D eigenvalue weighted by molar-refractivity contribution is -0.111. The molecular formula is C29H35N7O3. The Morgan fingerprint density at radius 3 is 2.49 bits per heavy atom. The van der Waals surface area contributed by atoms with Crippen LogP contribution in [0.3, 0.4) is 0 Å². The van der Waals surface area contributed by atoms with Crippen molar-refractivity contribution in [1.82, 2.24) is 24.9 Å². The Bertz CT molecular complexity index is 1400. The van der Waals surface area contributed by atoms with Crippen LogP contribution in [0.15, 0.2) is 67.3 Å². The third-order valence-corrected chi connectivity index (χ3v) is 6.82. The first-order chi connectivity index (χ1) is 18.5. The number of aromatic nitrogens is 2. The Kier molecular flexibility index (Phi) is 7.87. The summed E-state index contributed by atoms with van der Waals surface area (Å²) < 4.78 is 1.72. The maximum atomic E-state index is 13.6. The van der Waals surface area contributed by atoms with E-state index in [0.29, 0.717) is 23.6 Å². The third-order valence-electron chi connectivity index (χ3n) is 6.82. The molecule has 1 aliphatic rings. The maximum Gasteiger partial charge on any atom is 0.319 e. The highest BCUT2D eigenvalue weighted by Gasteiger charge is 2.45. The molecule has 204 valence electrons. The molecule has 4 rings (SSSR count). The summed E-state index contributed by atoms with van der Waals surface area (Å²) in [4.78, 5) is 42.2. The number of nitrogens with zero attached hydrogens (tertiary/aromatic N) is 4. The minimum Gasteiger partial charge on any atom is -0.330 e. The van der Waals surface area contributed by atoms with Crippen LogP contribution in [0.1, 0.15) is 47.1 Å². The van der Waals surface area contributed by atoms with Gasteiger partial charge >= 0.3 is 6.03 Å². The summed E-state index contributed by atoms with van der Waals surface area (Å²) in [7, 11) is 5.75. The van der Waals surface area contributed by atoms with Crippen molar-refractivity contribution in [2.75, 3.05) is 31.3 Å². The van der Waals surface area contributed by atoms with Crippen LogP contribution >= 0.6 is 0 Å². The van der Waals surface area contributed by atoms with Gasteiger partial charge < -0.3 is 25.8 Å². The van der Waals surface area contributed by atoms with Crippen molar-refractivity contribution in [3.63, 3.8) is 0 Å². The number of anilines is 2. The fourth-order valence-corrected chi connectivity index (χ4v) is 5.02. The SMILES string of the molecule is C=CC(=O)Nc1cccc(C(=O)Nc2nn(C)c3c2CN(C(=O)NC(CN(C)C)c2ccccc2)C3(C)C)c1. The van der Waals surface area contributed by atoms with E-state index in [1.54, 1.807) is 33.8 Å². The number of urea groups is 1. The van der Waals surface area contributed by atoms with Crippen LogP contribution in [-0.2, 0) is 23.9 Å². The Labute approximate surface area is 228 Å². The zero-order valence-electron chi connectivity index (χ0n) is 23.0. The van der Waals surface area contributed by atoms with Gasteiger partial charge in [-0.05, 0) is 57.8 Å². The van der Waals surface area contributed by atoms with E-state index >= 15 is 0 Å². The van der Waals surface area contributed by atoms with Crippen molar-refractivity contribution in [1.29, 1.82) is 0 Å². The second kappa shape index (κ2) is 11.1. The molecule has 0 fully saturated rings. The second-order valence-corrected chi connectivity index (χ2v) is 10.3. The Morgan fingerprint density at radius 2 is 1.82 bits per heavy atom. The van der Waals surface area contributed by atoms with Gasteiger partial charge in [0.2, 0.25) is 5.91 Å². The van der Waals surface area contributed by atoms with Crippen LogP contribution in [0.2, 0.25) is 0 Å². The van der Waals surface area contributed by atoms with E-state index in [1.165, 1.54) is 0 Å². The van der Waals surface area contributed by atoms with Gasteiger partial charge in [0, 0.05) is 30.4 Å². The largest absolute Gasteiger partial charge is 0.330 e. The average molecular weight is 530 g/mol. The molecule has 0 radical (unpaired) electrons. The number of carbonyl (C=O) groups excluding carboxylic acids is 3. The highest BCUT2D eigenvalue weighted by molar-refractivity contribution is 6.06. The highest BCUT2D eigenvalue weighted by atomic mass is 16.2. The molecule has 0 aliphatic carbocycles. The van der Waals surface area contributed by atoms with Crippen LogP contribution in [0.5, 0.6) is 0 Å².